The smallest absolute Gasteiger partial charge is 0.261 e. The molecular weight excluding hydrogens is 352 g/mol. The van der Waals surface area contributed by atoms with Crippen LogP contribution in [-0.4, -0.2) is 38.4 Å². The second-order valence-corrected chi connectivity index (χ2v) is 13.1. The zero-order valence-electron chi connectivity index (χ0n) is 17.1. The third kappa shape index (κ3) is 4.88. The van der Waals surface area contributed by atoms with Crippen LogP contribution in [0.15, 0.2) is 60.7 Å². The van der Waals surface area contributed by atoms with Crippen LogP contribution in [0.5, 0.6) is 0 Å². The summed E-state index contributed by atoms with van der Waals surface area (Å²) in [5.41, 5.74) is -0.365. The van der Waals surface area contributed by atoms with Crippen LogP contribution in [0.2, 0.25) is 5.04 Å². The highest BCUT2D eigenvalue weighted by Gasteiger charge is 2.50. The van der Waals surface area contributed by atoms with E-state index in [1.54, 1.807) is 0 Å². The van der Waals surface area contributed by atoms with E-state index < -0.39 is 8.32 Å². The normalized spacial score (nSPS) is 14.7. The van der Waals surface area contributed by atoms with Gasteiger partial charge in [0, 0.05) is 18.6 Å². The Morgan fingerprint density at radius 1 is 0.815 bits per heavy atom. The molecule has 2 rings (SSSR count). The van der Waals surface area contributed by atoms with Gasteiger partial charge in [0.05, 0.1) is 6.61 Å². The first-order valence-corrected chi connectivity index (χ1v) is 11.7. The van der Waals surface area contributed by atoms with Gasteiger partial charge in [0.25, 0.3) is 8.32 Å². The number of hydrogen-bond acceptors (Lipinski definition) is 3. The Labute approximate surface area is 165 Å². The van der Waals surface area contributed by atoms with Gasteiger partial charge < -0.3 is 14.6 Å². The Bertz CT molecular complexity index is 642. The van der Waals surface area contributed by atoms with Gasteiger partial charge in [-0.15, -0.1) is 0 Å². The zero-order chi connectivity index (χ0) is 20.0. The van der Waals surface area contributed by atoms with Gasteiger partial charge in [-0.25, -0.2) is 0 Å². The summed E-state index contributed by atoms with van der Waals surface area (Å²) < 4.78 is 6.92. The lowest BCUT2D eigenvalue weighted by atomic mass is 9.87. The van der Waals surface area contributed by atoms with Gasteiger partial charge >= 0.3 is 0 Å². The van der Waals surface area contributed by atoms with Crippen molar-refractivity contribution in [3.05, 3.63) is 60.7 Å². The minimum Gasteiger partial charge on any atom is -0.407 e. The van der Waals surface area contributed by atoms with Crippen LogP contribution >= 0.6 is 0 Å². The van der Waals surface area contributed by atoms with E-state index in [0.29, 0.717) is 13.0 Å². The molecule has 0 spiro atoms. The first-order chi connectivity index (χ1) is 12.8. The van der Waals surface area contributed by atoms with Crippen molar-refractivity contribution in [3.63, 3.8) is 0 Å². The molecule has 0 aliphatic heterocycles. The van der Waals surface area contributed by atoms with E-state index in [0.717, 1.165) is 6.42 Å². The Kier molecular flexibility index (Phi) is 7.40. The molecule has 2 aromatic carbocycles. The molecule has 0 fully saturated rings. The van der Waals surface area contributed by atoms with E-state index in [4.69, 9.17) is 4.43 Å². The lowest BCUT2D eigenvalue weighted by molar-refractivity contribution is 0.0632. The van der Waals surface area contributed by atoms with Gasteiger partial charge in [-0.3, -0.25) is 0 Å². The summed E-state index contributed by atoms with van der Waals surface area (Å²) in [4.78, 5) is 0. The molecule has 2 aromatic rings. The molecule has 3 nitrogen and oxygen atoms in total. The molecule has 0 radical (unpaired) electrons. The van der Waals surface area contributed by atoms with Gasteiger partial charge in [-0.2, -0.15) is 0 Å². The highest BCUT2D eigenvalue weighted by Crippen LogP contribution is 2.38. The molecule has 0 heterocycles. The molecule has 0 aliphatic carbocycles. The van der Waals surface area contributed by atoms with Crippen LogP contribution < -0.4 is 10.4 Å². The first kappa shape index (κ1) is 21.8. The fourth-order valence-electron chi connectivity index (χ4n) is 3.75. The highest BCUT2D eigenvalue weighted by molar-refractivity contribution is 6.99. The molecule has 27 heavy (non-hydrogen) atoms. The molecular formula is C23H34O3Si. The highest BCUT2D eigenvalue weighted by atomic mass is 28.4. The maximum atomic E-state index is 10.0. The lowest BCUT2D eigenvalue weighted by Crippen LogP contribution is -2.67. The van der Waals surface area contributed by atoms with Crippen molar-refractivity contribution < 1.29 is 14.6 Å². The van der Waals surface area contributed by atoms with Gasteiger partial charge in [0.15, 0.2) is 0 Å². The monoisotopic (exact) mass is 386 g/mol. The molecule has 2 N–H and O–H groups in total. The van der Waals surface area contributed by atoms with Gasteiger partial charge in [-0.05, 0) is 28.3 Å². The molecule has 0 aromatic heterocycles. The standard InChI is InChI=1S/C23H34O3Si/c1-22(2,3)27(20-12-7-5-8-13-20,21-14-9-6-10-15-21)26-19-23(4,18-25)16-11-17-24/h5-10,12-15,24-25H,11,16-19H2,1-4H3. The quantitative estimate of drug-likeness (QED) is 0.650. The SMILES string of the molecule is CC(CO)(CCCO)CO[Si](c1ccccc1)(c1ccccc1)C(C)(C)C. The fraction of sp³-hybridized carbons (Fsp3) is 0.478. The molecule has 0 amide bonds. The van der Waals surface area contributed by atoms with Crippen LogP contribution in [-0.2, 0) is 4.43 Å². The van der Waals surface area contributed by atoms with Crippen molar-refractivity contribution in [2.75, 3.05) is 19.8 Å². The largest absolute Gasteiger partial charge is 0.407 e. The molecule has 0 saturated heterocycles. The van der Waals surface area contributed by atoms with E-state index in [2.05, 4.69) is 69.3 Å². The Morgan fingerprint density at radius 2 is 1.30 bits per heavy atom. The second-order valence-electron chi connectivity index (χ2n) is 8.75. The molecule has 0 saturated carbocycles. The van der Waals surface area contributed by atoms with Crippen LogP contribution in [0.3, 0.4) is 0 Å². The van der Waals surface area contributed by atoms with Crippen molar-refractivity contribution in [2.45, 2.75) is 45.6 Å². The Hall–Kier alpha value is -1.46. The predicted octanol–water partition coefficient (Wildman–Crippen LogP) is 3.33. The third-order valence-electron chi connectivity index (χ3n) is 5.37. The van der Waals surface area contributed by atoms with Crippen molar-refractivity contribution in [1.82, 2.24) is 0 Å². The van der Waals surface area contributed by atoms with E-state index >= 15 is 0 Å². The molecule has 148 valence electrons. The van der Waals surface area contributed by atoms with Crippen molar-refractivity contribution in [1.29, 1.82) is 0 Å². The van der Waals surface area contributed by atoms with Gasteiger partial charge in [0.1, 0.15) is 0 Å². The third-order valence-corrected chi connectivity index (χ3v) is 10.4. The number of hydrogen-bond donors (Lipinski definition) is 2. The summed E-state index contributed by atoms with van der Waals surface area (Å²) in [6.07, 6.45) is 1.40. The minimum atomic E-state index is -2.59. The van der Waals surface area contributed by atoms with E-state index in [-0.39, 0.29) is 23.7 Å². The van der Waals surface area contributed by atoms with Crippen molar-refractivity contribution in [3.8, 4) is 0 Å². The average Bonchev–Trinajstić information content (AvgIpc) is 2.67. The van der Waals surface area contributed by atoms with E-state index in [1.165, 1.54) is 10.4 Å². The number of rotatable bonds is 9. The average molecular weight is 387 g/mol. The summed E-state index contributed by atoms with van der Waals surface area (Å²) in [6.45, 7) is 9.45. The maximum Gasteiger partial charge on any atom is 0.261 e. The van der Waals surface area contributed by atoms with Crippen LogP contribution in [0, 0.1) is 5.41 Å². The van der Waals surface area contributed by atoms with Gasteiger partial charge in [-0.1, -0.05) is 88.4 Å². The summed E-state index contributed by atoms with van der Waals surface area (Å²) in [6, 6.07) is 21.1. The van der Waals surface area contributed by atoms with Crippen LogP contribution in [0.25, 0.3) is 0 Å². The molecule has 1 atom stereocenters. The molecule has 1 unspecified atom stereocenters. The summed E-state index contributed by atoms with van der Waals surface area (Å²) in [5, 5.41) is 21.6. The van der Waals surface area contributed by atoms with Gasteiger partial charge in [0.2, 0.25) is 0 Å². The number of benzene rings is 2. The Balaban J connectivity index is 2.52. The summed E-state index contributed by atoms with van der Waals surface area (Å²) in [7, 11) is -2.59. The summed E-state index contributed by atoms with van der Waals surface area (Å²) in [5.74, 6) is 0. The number of aliphatic hydroxyl groups is 2. The lowest BCUT2D eigenvalue weighted by Gasteiger charge is -2.45. The van der Waals surface area contributed by atoms with E-state index in [1.807, 2.05) is 19.1 Å². The van der Waals surface area contributed by atoms with Crippen molar-refractivity contribution in [2.24, 2.45) is 5.41 Å². The van der Waals surface area contributed by atoms with Crippen molar-refractivity contribution >= 4 is 18.7 Å². The van der Waals surface area contributed by atoms with Crippen LogP contribution in [0.4, 0.5) is 0 Å². The topological polar surface area (TPSA) is 49.7 Å². The minimum absolute atomic E-state index is 0.0468. The summed E-state index contributed by atoms with van der Waals surface area (Å²) >= 11 is 0. The fourth-order valence-corrected chi connectivity index (χ4v) is 8.47. The van der Waals surface area contributed by atoms with E-state index in [9.17, 15) is 10.2 Å². The molecule has 0 aliphatic rings. The zero-order valence-corrected chi connectivity index (χ0v) is 18.1. The van der Waals surface area contributed by atoms with Crippen LogP contribution in [0.1, 0.15) is 40.5 Å². The number of aliphatic hydroxyl groups excluding tert-OH is 2. The second kappa shape index (κ2) is 9.15. The Morgan fingerprint density at radius 3 is 1.67 bits per heavy atom. The molecule has 4 heteroatoms. The first-order valence-electron chi connectivity index (χ1n) is 9.76. The molecule has 0 bridgehead atoms. The maximum absolute atomic E-state index is 10.0. The predicted molar refractivity (Wildman–Crippen MR) is 115 cm³/mol.